The molecule has 2 saturated heterocycles. The van der Waals surface area contributed by atoms with Crippen LogP contribution >= 0.6 is 0 Å². The number of likely N-dealkylation sites (N-methyl/N-ethyl adjacent to an activating group) is 1. The molecule has 8 nitrogen and oxygen atoms in total. The molecule has 1 amide bonds. The first-order chi connectivity index (χ1) is 16.9. The smallest absolute Gasteiger partial charge is 0.227 e. The summed E-state index contributed by atoms with van der Waals surface area (Å²) in [4.78, 5) is 32.5. The van der Waals surface area contributed by atoms with Crippen molar-refractivity contribution in [3.63, 3.8) is 0 Å². The standard InChI is InChI=1S/C27H38N6O2/c1-17-14-32(4)15-23(20-6-5-18(2)28-12-20)25(17)26(34)33-16-24-21(11-19(33)3)13-29-27(31-24)30-22-7-9-35-10-8-22/h5-6,12-13,17,19,22-23,25H,7-11,14-16H2,1-4H3,(H,29,30,31)/t17?,19-,23+,25-/m1/s1. The van der Waals surface area contributed by atoms with Gasteiger partial charge in [0.2, 0.25) is 11.9 Å². The highest BCUT2D eigenvalue weighted by Crippen LogP contribution is 2.38. The third kappa shape index (κ3) is 5.19. The number of hydrogen-bond donors (Lipinski definition) is 1. The highest BCUT2D eigenvalue weighted by Gasteiger charge is 2.43. The van der Waals surface area contributed by atoms with E-state index in [1.807, 2.05) is 19.3 Å². The Balaban J connectivity index is 1.37. The summed E-state index contributed by atoms with van der Waals surface area (Å²) < 4.78 is 5.47. The number of carbonyl (C=O) groups is 1. The van der Waals surface area contributed by atoms with Gasteiger partial charge in [0, 0.05) is 62.4 Å². The Morgan fingerprint density at radius 2 is 1.91 bits per heavy atom. The third-order valence-electron chi connectivity index (χ3n) is 7.96. The van der Waals surface area contributed by atoms with Crippen LogP contribution in [0, 0.1) is 18.8 Å². The molecule has 2 fully saturated rings. The van der Waals surface area contributed by atoms with Gasteiger partial charge in [-0.3, -0.25) is 9.78 Å². The van der Waals surface area contributed by atoms with Gasteiger partial charge in [-0.25, -0.2) is 9.97 Å². The van der Waals surface area contributed by atoms with Gasteiger partial charge in [-0.1, -0.05) is 13.0 Å². The number of carbonyl (C=O) groups excluding carboxylic acids is 1. The first-order valence-corrected chi connectivity index (χ1v) is 13.0. The molecule has 2 aromatic rings. The molecule has 0 bridgehead atoms. The van der Waals surface area contributed by atoms with Crippen LogP contribution in [-0.2, 0) is 22.5 Å². The molecule has 3 aliphatic heterocycles. The lowest BCUT2D eigenvalue weighted by Gasteiger charge is -2.44. The summed E-state index contributed by atoms with van der Waals surface area (Å²) in [6.07, 6.45) is 6.62. The fourth-order valence-corrected chi connectivity index (χ4v) is 6.03. The Hall–Kier alpha value is -2.58. The zero-order chi connectivity index (χ0) is 24.5. The Kier molecular flexibility index (Phi) is 7.02. The minimum absolute atomic E-state index is 0.0682. The summed E-state index contributed by atoms with van der Waals surface area (Å²) in [7, 11) is 2.15. The van der Waals surface area contributed by atoms with E-state index in [0.717, 1.165) is 68.1 Å². The minimum atomic E-state index is -0.0682. The van der Waals surface area contributed by atoms with Gasteiger partial charge >= 0.3 is 0 Å². The Morgan fingerprint density at radius 3 is 2.66 bits per heavy atom. The average Bonchev–Trinajstić information content (AvgIpc) is 2.84. The molecule has 3 aliphatic rings. The highest BCUT2D eigenvalue weighted by atomic mass is 16.5. The van der Waals surface area contributed by atoms with Crippen LogP contribution in [0.1, 0.15) is 55.1 Å². The van der Waals surface area contributed by atoms with E-state index in [2.05, 4.69) is 58.1 Å². The van der Waals surface area contributed by atoms with Crippen molar-refractivity contribution in [3.05, 3.63) is 47.0 Å². The number of aromatic nitrogens is 3. The maximum Gasteiger partial charge on any atom is 0.227 e. The summed E-state index contributed by atoms with van der Waals surface area (Å²) in [5.41, 5.74) is 4.27. The SMILES string of the molecule is Cc1ccc([C@@H]2CN(C)CC(C)[C@H]2C(=O)N2Cc3nc(NC4CCOCC4)ncc3C[C@H]2C)cn1. The van der Waals surface area contributed by atoms with E-state index < -0.39 is 0 Å². The molecule has 35 heavy (non-hydrogen) atoms. The molecule has 8 heteroatoms. The highest BCUT2D eigenvalue weighted by molar-refractivity contribution is 5.81. The predicted octanol–water partition coefficient (Wildman–Crippen LogP) is 3.03. The number of nitrogens with zero attached hydrogens (tertiary/aromatic N) is 5. The van der Waals surface area contributed by atoms with E-state index >= 15 is 0 Å². The van der Waals surface area contributed by atoms with Crippen molar-refractivity contribution in [1.82, 2.24) is 24.8 Å². The van der Waals surface area contributed by atoms with Gasteiger partial charge in [0.15, 0.2) is 0 Å². The summed E-state index contributed by atoms with van der Waals surface area (Å²) in [6.45, 7) is 10.2. The van der Waals surface area contributed by atoms with Gasteiger partial charge in [0.05, 0.1) is 18.2 Å². The van der Waals surface area contributed by atoms with Crippen LogP contribution < -0.4 is 5.32 Å². The van der Waals surface area contributed by atoms with Crippen molar-refractivity contribution in [2.24, 2.45) is 11.8 Å². The van der Waals surface area contributed by atoms with Crippen molar-refractivity contribution in [2.45, 2.75) is 64.6 Å². The molecule has 0 radical (unpaired) electrons. The van der Waals surface area contributed by atoms with Crippen LogP contribution in [0.2, 0.25) is 0 Å². The van der Waals surface area contributed by atoms with Gasteiger partial charge in [-0.2, -0.15) is 0 Å². The normalized spacial score (nSPS) is 27.9. The van der Waals surface area contributed by atoms with Crippen LogP contribution in [0.5, 0.6) is 0 Å². The van der Waals surface area contributed by atoms with E-state index in [4.69, 9.17) is 9.72 Å². The first kappa shape index (κ1) is 24.1. The van der Waals surface area contributed by atoms with E-state index in [1.165, 1.54) is 0 Å². The monoisotopic (exact) mass is 478 g/mol. The molecule has 0 aliphatic carbocycles. The fraction of sp³-hybridized carbons (Fsp3) is 0.630. The summed E-state index contributed by atoms with van der Waals surface area (Å²) in [5, 5.41) is 3.48. The van der Waals surface area contributed by atoms with Crippen molar-refractivity contribution < 1.29 is 9.53 Å². The molecule has 0 aromatic carbocycles. The molecule has 1 unspecified atom stereocenters. The quantitative estimate of drug-likeness (QED) is 0.723. The number of pyridine rings is 1. The van der Waals surface area contributed by atoms with Gasteiger partial charge in [-0.15, -0.1) is 0 Å². The predicted molar refractivity (Wildman–Crippen MR) is 135 cm³/mol. The third-order valence-corrected chi connectivity index (χ3v) is 7.96. The summed E-state index contributed by atoms with van der Waals surface area (Å²) in [5.74, 6) is 1.23. The van der Waals surface area contributed by atoms with Crippen molar-refractivity contribution in [3.8, 4) is 0 Å². The molecule has 0 spiro atoms. The Labute approximate surface area is 208 Å². The number of fused-ring (bicyclic) bond motifs is 1. The Morgan fingerprint density at radius 1 is 1.11 bits per heavy atom. The number of rotatable bonds is 4. The first-order valence-electron chi connectivity index (χ1n) is 13.0. The molecule has 4 atom stereocenters. The number of aryl methyl sites for hydroxylation is 1. The second-order valence-electron chi connectivity index (χ2n) is 10.8. The zero-order valence-corrected chi connectivity index (χ0v) is 21.4. The molecular weight excluding hydrogens is 440 g/mol. The summed E-state index contributed by atoms with van der Waals surface area (Å²) >= 11 is 0. The van der Waals surface area contributed by atoms with Crippen LogP contribution in [0.4, 0.5) is 5.95 Å². The largest absolute Gasteiger partial charge is 0.381 e. The molecule has 5 heterocycles. The zero-order valence-electron chi connectivity index (χ0n) is 21.4. The topological polar surface area (TPSA) is 83.5 Å². The number of piperidine rings is 1. The maximum atomic E-state index is 14.2. The van der Waals surface area contributed by atoms with Crippen LogP contribution in [0.15, 0.2) is 24.5 Å². The molecule has 188 valence electrons. The van der Waals surface area contributed by atoms with Gasteiger partial charge in [-0.05, 0) is 63.3 Å². The van der Waals surface area contributed by atoms with E-state index in [-0.39, 0.29) is 29.7 Å². The van der Waals surface area contributed by atoms with Gasteiger partial charge in [0.1, 0.15) is 0 Å². The van der Waals surface area contributed by atoms with Crippen LogP contribution in [0.3, 0.4) is 0 Å². The molecular formula is C27H38N6O2. The number of anilines is 1. The number of likely N-dealkylation sites (tertiary alicyclic amines) is 1. The van der Waals surface area contributed by atoms with Crippen molar-refractivity contribution >= 4 is 11.9 Å². The number of ether oxygens (including phenoxy) is 1. The van der Waals surface area contributed by atoms with E-state index in [1.54, 1.807) is 0 Å². The van der Waals surface area contributed by atoms with Crippen molar-refractivity contribution in [1.29, 1.82) is 0 Å². The molecule has 0 saturated carbocycles. The lowest BCUT2D eigenvalue weighted by atomic mass is 9.74. The second kappa shape index (κ2) is 10.2. The Bertz CT molecular complexity index is 1040. The number of hydrogen-bond acceptors (Lipinski definition) is 7. The lowest BCUT2D eigenvalue weighted by molar-refractivity contribution is -0.143. The van der Waals surface area contributed by atoms with Gasteiger partial charge in [0.25, 0.3) is 0 Å². The molecule has 5 rings (SSSR count). The molecule has 1 N–H and O–H groups in total. The summed E-state index contributed by atoms with van der Waals surface area (Å²) in [6, 6.07) is 4.66. The van der Waals surface area contributed by atoms with E-state index in [9.17, 15) is 4.79 Å². The average molecular weight is 479 g/mol. The minimum Gasteiger partial charge on any atom is -0.381 e. The van der Waals surface area contributed by atoms with Gasteiger partial charge < -0.3 is 19.9 Å². The maximum absolute atomic E-state index is 14.2. The van der Waals surface area contributed by atoms with Crippen LogP contribution in [0.25, 0.3) is 0 Å². The van der Waals surface area contributed by atoms with Crippen LogP contribution in [-0.4, -0.2) is 76.1 Å². The van der Waals surface area contributed by atoms with Crippen molar-refractivity contribution in [2.75, 3.05) is 38.7 Å². The fourth-order valence-electron chi connectivity index (χ4n) is 6.03. The lowest BCUT2D eigenvalue weighted by Crippen LogP contribution is -2.53. The number of nitrogens with one attached hydrogen (secondary N) is 1. The number of amides is 1. The molecule has 2 aromatic heterocycles. The second-order valence-corrected chi connectivity index (χ2v) is 10.8. The van der Waals surface area contributed by atoms with E-state index in [0.29, 0.717) is 18.5 Å².